The quantitative estimate of drug-likeness (QED) is 0.816. The van der Waals surface area contributed by atoms with Crippen LogP contribution < -0.4 is 10.6 Å². The molecule has 118 valence electrons. The Labute approximate surface area is 136 Å². The molecule has 0 radical (unpaired) electrons. The Kier molecular flexibility index (Phi) is 5.98. The summed E-state index contributed by atoms with van der Waals surface area (Å²) in [5.41, 5.74) is 0.794. The van der Waals surface area contributed by atoms with E-state index >= 15 is 0 Å². The van der Waals surface area contributed by atoms with E-state index in [0.29, 0.717) is 17.0 Å². The van der Waals surface area contributed by atoms with Crippen LogP contribution in [0.4, 0.5) is 17.5 Å². The number of hydrogen-bond donors (Lipinski definition) is 2. The van der Waals surface area contributed by atoms with Crippen LogP contribution in [0.5, 0.6) is 0 Å². The van der Waals surface area contributed by atoms with Crippen molar-refractivity contribution in [3.8, 4) is 0 Å². The fraction of sp³-hybridized carbons (Fsp3) is 0.375. The zero-order chi connectivity index (χ0) is 15.9. The van der Waals surface area contributed by atoms with Gasteiger partial charge >= 0.3 is 0 Å². The van der Waals surface area contributed by atoms with Crippen molar-refractivity contribution in [2.75, 3.05) is 31.3 Å². The lowest BCUT2D eigenvalue weighted by molar-refractivity contribution is 0.304. The Bertz CT molecular complexity index is 603. The van der Waals surface area contributed by atoms with Crippen LogP contribution in [0.1, 0.15) is 13.3 Å². The first-order valence-electron chi connectivity index (χ1n) is 7.31. The number of anilines is 3. The molecule has 5 nitrogen and oxygen atoms in total. The highest BCUT2D eigenvalue weighted by Gasteiger charge is 2.05. The molecule has 0 saturated heterocycles. The maximum absolute atomic E-state index is 6.12. The van der Waals surface area contributed by atoms with Crippen molar-refractivity contribution in [3.63, 3.8) is 0 Å². The van der Waals surface area contributed by atoms with Gasteiger partial charge in [-0.1, -0.05) is 23.7 Å². The Morgan fingerprint density at radius 2 is 2.00 bits per heavy atom. The lowest BCUT2D eigenvalue weighted by atomic mass is 10.2. The first kappa shape index (κ1) is 16.5. The van der Waals surface area contributed by atoms with Crippen molar-refractivity contribution in [3.05, 3.63) is 41.6 Å². The third-order valence-electron chi connectivity index (χ3n) is 3.53. The Morgan fingerprint density at radius 1 is 1.23 bits per heavy atom. The van der Waals surface area contributed by atoms with Crippen LogP contribution >= 0.6 is 11.6 Å². The summed E-state index contributed by atoms with van der Waals surface area (Å²) in [6.07, 6.45) is 2.77. The topological polar surface area (TPSA) is 53.1 Å². The highest BCUT2D eigenvalue weighted by Crippen LogP contribution is 2.23. The van der Waals surface area contributed by atoms with Crippen molar-refractivity contribution >= 4 is 29.1 Å². The molecule has 0 bridgehead atoms. The third-order valence-corrected chi connectivity index (χ3v) is 3.86. The van der Waals surface area contributed by atoms with E-state index in [9.17, 15) is 0 Å². The Morgan fingerprint density at radius 3 is 2.73 bits per heavy atom. The molecule has 2 aromatic rings. The molecule has 2 rings (SSSR count). The second kappa shape index (κ2) is 7.96. The molecule has 22 heavy (non-hydrogen) atoms. The number of hydrogen-bond acceptors (Lipinski definition) is 5. The average Bonchev–Trinajstić information content (AvgIpc) is 2.50. The van der Waals surface area contributed by atoms with E-state index in [0.717, 1.165) is 24.5 Å². The monoisotopic (exact) mass is 319 g/mol. The lowest BCUT2D eigenvalue weighted by Crippen LogP contribution is -2.26. The van der Waals surface area contributed by atoms with Crippen molar-refractivity contribution in [1.82, 2.24) is 14.9 Å². The van der Waals surface area contributed by atoms with Gasteiger partial charge in [0.25, 0.3) is 0 Å². The van der Waals surface area contributed by atoms with E-state index < -0.39 is 0 Å². The highest BCUT2D eigenvalue weighted by atomic mass is 35.5. The van der Waals surface area contributed by atoms with Crippen LogP contribution in [0.25, 0.3) is 0 Å². The SMILES string of the molecule is CC(CCNc1ccnc(Nc2ccccc2Cl)n1)N(C)C. The summed E-state index contributed by atoms with van der Waals surface area (Å²) >= 11 is 6.12. The number of halogens is 1. The fourth-order valence-electron chi connectivity index (χ4n) is 1.87. The summed E-state index contributed by atoms with van der Waals surface area (Å²) in [5.74, 6) is 1.33. The Balaban J connectivity index is 1.94. The highest BCUT2D eigenvalue weighted by molar-refractivity contribution is 6.33. The van der Waals surface area contributed by atoms with Gasteiger partial charge in [0, 0.05) is 18.8 Å². The predicted molar refractivity (Wildman–Crippen MR) is 93.0 cm³/mol. The van der Waals surface area contributed by atoms with Gasteiger partial charge in [-0.25, -0.2) is 4.98 Å². The zero-order valence-corrected chi connectivity index (χ0v) is 13.9. The molecule has 1 heterocycles. The van der Waals surface area contributed by atoms with Gasteiger partial charge in [-0.15, -0.1) is 0 Å². The molecule has 1 atom stereocenters. The molecule has 2 N–H and O–H groups in total. The molecule has 0 fully saturated rings. The van der Waals surface area contributed by atoms with Crippen LogP contribution in [0.3, 0.4) is 0 Å². The molecular formula is C16H22ClN5. The molecule has 6 heteroatoms. The summed E-state index contributed by atoms with van der Waals surface area (Å²) in [6.45, 7) is 3.06. The predicted octanol–water partition coefficient (Wildman–Crippen LogP) is 3.63. The first-order chi connectivity index (χ1) is 10.6. The molecular weight excluding hydrogens is 298 g/mol. The normalized spacial score (nSPS) is 12.2. The maximum atomic E-state index is 6.12. The number of para-hydroxylation sites is 1. The third kappa shape index (κ3) is 4.86. The lowest BCUT2D eigenvalue weighted by Gasteiger charge is -2.19. The Hall–Kier alpha value is -1.85. The van der Waals surface area contributed by atoms with Crippen molar-refractivity contribution in [1.29, 1.82) is 0 Å². The number of aromatic nitrogens is 2. The second-order valence-corrected chi connectivity index (χ2v) is 5.81. The molecule has 0 saturated carbocycles. The second-order valence-electron chi connectivity index (χ2n) is 5.40. The average molecular weight is 320 g/mol. The summed E-state index contributed by atoms with van der Waals surface area (Å²) in [6, 6.07) is 9.91. The van der Waals surface area contributed by atoms with Gasteiger partial charge in [-0.2, -0.15) is 4.98 Å². The van der Waals surface area contributed by atoms with Gasteiger partial charge in [-0.05, 0) is 45.6 Å². The van der Waals surface area contributed by atoms with Gasteiger partial charge in [0.1, 0.15) is 5.82 Å². The van der Waals surface area contributed by atoms with E-state index in [1.54, 1.807) is 6.20 Å². The molecule has 0 aliphatic heterocycles. The molecule has 0 amide bonds. The maximum Gasteiger partial charge on any atom is 0.229 e. The summed E-state index contributed by atoms with van der Waals surface area (Å²) in [7, 11) is 4.17. The number of benzene rings is 1. The zero-order valence-electron chi connectivity index (χ0n) is 13.2. The van der Waals surface area contributed by atoms with E-state index in [4.69, 9.17) is 11.6 Å². The van der Waals surface area contributed by atoms with Crippen LogP contribution in [0.15, 0.2) is 36.5 Å². The number of nitrogens with zero attached hydrogens (tertiary/aromatic N) is 3. The van der Waals surface area contributed by atoms with Gasteiger partial charge in [0.2, 0.25) is 5.95 Å². The van der Waals surface area contributed by atoms with E-state index in [1.165, 1.54) is 0 Å². The van der Waals surface area contributed by atoms with E-state index in [1.807, 2.05) is 30.3 Å². The molecule has 0 spiro atoms. The largest absolute Gasteiger partial charge is 0.370 e. The van der Waals surface area contributed by atoms with Gasteiger partial charge in [0.15, 0.2) is 0 Å². The van der Waals surface area contributed by atoms with Crippen LogP contribution in [-0.2, 0) is 0 Å². The summed E-state index contributed by atoms with van der Waals surface area (Å²) < 4.78 is 0. The van der Waals surface area contributed by atoms with Gasteiger partial charge in [0.05, 0.1) is 10.7 Å². The number of nitrogens with one attached hydrogen (secondary N) is 2. The van der Waals surface area contributed by atoms with Crippen LogP contribution in [0.2, 0.25) is 5.02 Å². The minimum Gasteiger partial charge on any atom is -0.370 e. The summed E-state index contributed by atoms with van der Waals surface area (Å²) in [4.78, 5) is 10.9. The van der Waals surface area contributed by atoms with Crippen LogP contribution in [-0.4, -0.2) is 41.5 Å². The van der Waals surface area contributed by atoms with Gasteiger partial charge in [-0.3, -0.25) is 0 Å². The number of rotatable bonds is 7. The fourth-order valence-corrected chi connectivity index (χ4v) is 2.05. The standard InChI is InChI=1S/C16H22ClN5/c1-12(22(2)3)8-10-18-15-9-11-19-16(21-15)20-14-7-5-4-6-13(14)17/h4-7,9,11-12H,8,10H2,1-3H3,(H2,18,19,20,21). The van der Waals surface area contributed by atoms with Crippen LogP contribution in [0, 0.1) is 0 Å². The molecule has 0 aliphatic carbocycles. The van der Waals surface area contributed by atoms with Crippen molar-refractivity contribution in [2.24, 2.45) is 0 Å². The minimum atomic E-state index is 0.523. The van der Waals surface area contributed by atoms with Gasteiger partial charge < -0.3 is 15.5 Å². The minimum absolute atomic E-state index is 0.523. The smallest absolute Gasteiger partial charge is 0.229 e. The molecule has 1 aromatic heterocycles. The molecule has 1 unspecified atom stereocenters. The van der Waals surface area contributed by atoms with Crippen molar-refractivity contribution in [2.45, 2.75) is 19.4 Å². The van der Waals surface area contributed by atoms with E-state index in [2.05, 4.69) is 46.5 Å². The molecule has 0 aliphatic rings. The van der Waals surface area contributed by atoms with E-state index in [-0.39, 0.29) is 0 Å². The first-order valence-corrected chi connectivity index (χ1v) is 7.69. The van der Waals surface area contributed by atoms with Crippen molar-refractivity contribution < 1.29 is 0 Å². The summed E-state index contributed by atoms with van der Waals surface area (Å²) in [5, 5.41) is 7.09. The molecule has 1 aromatic carbocycles.